The van der Waals surface area contributed by atoms with Gasteiger partial charge in [-0.15, -0.1) is 22.8 Å². The molecule has 5 heteroatoms. The topological polar surface area (TPSA) is 56.7 Å². The molecule has 0 amide bonds. The third-order valence-electron chi connectivity index (χ3n) is 1.68. The Kier molecular flexibility index (Phi) is 1.94. The zero-order valence-electron chi connectivity index (χ0n) is 6.75. The van der Waals surface area contributed by atoms with Crippen molar-refractivity contribution in [3.63, 3.8) is 0 Å². The van der Waals surface area contributed by atoms with Crippen LogP contribution in [0.1, 0.15) is 0 Å². The van der Waals surface area contributed by atoms with Crippen LogP contribution in [0.25, 0.3) is 11.4 Å². The molecule has 0 atom stereocenters. The van der Waals surface area contributed by atoms with Crippen LogP contribution in [0.2, 0.25) is 0 Å². The lowest BCUT2D eigenvalue weighted by atomic mass is 10.2. The number of nitrogens with two attached hydrogens (primary N) is 1. The van der Waals surface area contributed by atoms with E-state index in [9.17, 15) is 0 Å². The first kappa shape index (κ1) is 8.12. The highest BCUT2D eigenvalue weighted by Crippen LogP contribution is 2.17. The van der Waals surface area contributed by atoms with Crippen LogP contribution in [0.5, 0.6) is 0 Å². The molecule has 0 aliphatic heterocycles. The highest BCUT2D eigenvalue weighted by Gasteiger charge is 2.03. The maximum atomic E-state index is 5.59. The number of nitrogens with zero attached hydrogens (tertiary/aromatic N) is 3. The van der Waals surface area contributed by atoms with Gasteiger partial charge in [0, 0.05) is 10.5 Å². The SMILES string of the molecule is Nn1cnnc1-c1cccc(S)c1. The van der Waals surface area contributed by atoms with Gasteiger partial charge in [0.15, 0.2) is 5.82 Å². The normalized spacial score (nSPS) is 10.2. The van der Waals surface area contributed by atoms with E-state index in [1.165, 1.54) is 11.0 Å². The Morgan fingerprint density at radius 3 is 2.85 bits per heavy atom. The summed E-state index contributed by atoms with van der Waals surface area (Å²) in [6, 6.07) is 7.58. The summed E-state index contributed by atoms with van der Waals surface area (Å²) in [5.41, 5.74) is 0.910. The van der Waals surface area contributed by atoms with Crippen molar-refractivity contribution in [2.24, 2.45) is 0 Å². The van der Waals surface area contributed by atoms with Gasteiger partial charge < -0.3 is 5.84 Å². The van der Waals surface area contributed by atoms with Crippen LogP contribution in [0.15, 0.2) is 35.5 Å². The average Bonchev–Trinajstić information content (AvgIpc) is 2.51. The van der Waals surface area contributed by atoms with Gasteiger partial charge >= 0.3 is 0 Å². The third-order valence-corrected chi connectivity index (χ3v) is 1.96. The highest BCUT2D eigenvalue weighted by molar-refractivity contribution is 7.80. The second kappa shape index (κ2) is 3.10. The molecule has 0 spiro atoms. The van der Waals surface area contributed by atoms with E-state index in [0.29, 0.717) is 5.82 Å². The summed E-state index contributed by atoms with van der Waals surface area (Å²) in [5.74, 6) is 6.22. The van der Waals surface area contributed by atoms with Crippen molar-refractivity contribution in [3.8, 4) is 11.4 Å². The molecule has 13 heavy (non-hydrogen) atoms. The van der Waals surface area contributed by atoms with E-state index in [1.807, 2.05) is 24.3 Å². The van der Waals surface area contributed by atoms with E-state index in [0.717, 1.165) is 10.5 Å². The molecule has 66 valence electrons. The standard InChI is InChI=1S/C8H8N4S/c9-12-5-10-11-8(12)6-2-1-3-7(13)4-6/h1-5,13H,9H2. The molecule has 1 aromatic carbocycles. The summed E-state index contributed by atoms with van der Waals surface area (Å²) in [6.45, 7) is 0. The van der Waals surface area contributed by atoms with Gasteiger partial charge in [0.1, 0.15) is 6.33 Å². The molecular formula is C8H8N4S. The molecular weight excluding hydrogens is 184 g/mol. The first-order valence-electron chi connectivity index (χ1n) is 3.72. The van der Waals surface area contributed by atoms with Crippen LogP contribution in [-0.4, -0.2) is 14.9 Å². The molecule has 0 aliphatic carbocycles. The van der Waals surface area contributed by atoms with Crippen LogP contribution < -0.4 is 5.84 Å². The highest BCUT2D eigenvalue weighted by atomic mass is 32.1. The van der Waals surface area contributed by atoms with Crippen molar-refractivity contribution in [2.75, 3.05) is 5.84 Å². The summed E-state index contributed by atoms with van der Waals surface area (Å²) in [4.78, 5) is 0.875. The van der Waals surface area contributed by atoms with Crippen molar-refractivity contribution in [2.45, 2.75) is 4.90 Å². The number of hydrogen-bond donors (Lipinski definition) is 2. The van der Waals surface area contributed by atoms with Gasteiger partial charge in [0.05, 0.1) is 0 Å². The van der Waals surface area contributed by atoms with Crippen LogP contribution in [0.3, 0.4) is 0 Å². The van der Waals surface area contributed by atoms with E-state index < -0.39 is 0 Å². The van der Waals surface area contributed by atoms with E-state index in [1.54, 1.807) is 0 Å². The molecule has 0 radical (unpaired) electrons. The number of nitrogen functional groups attached to an aromatic ring is 1. The number of thiol groups is 1. The second-order valence-corrected chi connectivity index (χ2v) is 3.13. The van der Waals surface area contributed by atoms with Gasteiger partial charge in [-0.3, -0.25) is 0 Å². The van der Waals surface area contributed by atoms with Crippen molar-refractivity contribution in [1.29, 1.82) is 0 Å². The summed E-state index contributed by atoms with van der Waals surface area (Å²) in [6.07, 6.45) is 1.46. The largest absolute Gasteiger partial charge is 0.336 e. The molecule has 0 saturated heterocycles. The monoisotopic (exact) mass is 192 g/mol. The maximum Gasteiger partial charge on any atom is 0.182 e. The molecule has 0 unspecified atom stereocenters. The fourth-order valence-corrected chi connectivity index (χ4v) is 1.32. The average molecular weight is 192 g/mol. The summed E-state index contributed by atoms with van der Waals surface area (Å²) >= 11 is 4.22. The number of hydrogen-bond acceptors (Lipinski definition) is 4. The van der Waals surface area contributed by atoms with E-state index in [2.05, 4.69) is 22.8 Å². The first-order chi connectivity index (χ1) is 6.27. The van der Waals surface area contributed by atoms with Gasteiger partial charge in [-0.1, -0.05) is 12.1 Å². The molecule has 2 N–H and O–H groups in total. The molecule has 0 bridgehead atoms. The Labute approximate surface area is 80.8 Å². The van der Waals surface area contributed by atoms with Crippen LogP contribution in [0.4, 0.5) is 0 Å². The Hall–Kier alpha value is -1.49. The lowest BCUT2D eigenvalue weighted by Gasteiger charge is -1.99. The summed E-state index contributed by atoms with van der Waals surface area (Å²) in [5, 5.41) is 7.57. The van der Waals surface area contributed by atoms with Crippen molar-refractivity contribution >= 4 is 12.6 Å². The second-order valence-electron chi connectivity index (χ2n) is 2.61. The Morgan fingerprint density at radius 2 is 2.23 bits per heavy atom. The zero-order valence-corrected chi connectivity index (χ0v) is 7.65. The molecule has 0 aliphatic rings. The van der Waals surface area contributed by atoms with Crippen LogP contribution in [-0.2, 0) is 0 Å². The minimum atomic E-state index is 0.635. The van der Waals surface area contributed by atoms with Crippen molar-refractivity contribution in [3.05, 3.63) is 30.6 Å². The van der Waals surface area contributed by atoms with E-state index in [4.69, 9.17) is 5.84 Å². The Morgan fingerprint density at radius 1 is 1.38 bits per heavy atom. The van der Waals surface area contributed by atoms with Crippen LogP contribution in [0, 0.1) is 0 Å². The number of rotatable bonds is 1. The van der Waals surface area contributed by atoms with Gasteiger partial charge in [-0.2, -0.15) is 0 Å². The van der Waals surface area contributed by atoms with Gasteiger partial charge in [-0.05, 0) is 12.1 Å². The molecule has 2 rings (SSSR count). The predicted octanol–water partition coefficient (Wildman–Crippen LogP) is 0.948. The van der Waals surface area contributed by atoms with E-state index in [-0.39, 0.29) is 0 Å². The molecule has 0 fully saturated rings. The minimum Gasteiger partial charge on any atom is -0.336 e. The first-order valence-corrected chi connectivity index (χ1v) is 4.16. The fourth-order valence-electron chi connectivity index (χ4n) is 1.09. The number of aromatic nitrogens is 3. The van der Waals surface area contributed by atoms with E-state index >= 15 is 0 Å². The lowest BCUT2D eigenvalue weighted by molar-refractivity contribution is 1.01. The van der Waals surface area contributed by atoms with Gasteiger partial charge in [-0.25, -0.2) is 4.68 Å². The quantitative estimate of drug-likeness (QED) is 0.522. The van der Waals surface area contributed by atoms with Crippen molar-refractivity contribution < 1.29 is 0 Å². The molecule has 1 heterocycles. The molecule has 1 aromatic heterocycles. The number of benzene rings is 1. The zero-order chi connectivity index (χ0) is 9.26. The fraction of sp³-hybridized carbons (Fsp3) is 0. The van der Waals surface area contributed by atoms with Gasteiger partial charge in [0.2, 0.25) is 0 Å². The maximum absolute atomic E-state index is 5.59. The summed E-state index contributed by atoms with van der Waals surface area (Å²) in [7, 11) is 0. The lowest BCUT2D eigenvalue weighted by Crippen LogP contribution is -2.08. The minimum absolute atomic E-state index is 0.635. The smallest absolute Gasteiger partial charge is 0.182 e. The van der Waals surface area contributed by atoms with Crippen LogP contribution >= 0.6 is 12.6 Å². The molecule has 4 nitrogen and oxygen atoms in total. The molecule has 2 aromatic rings. The predicted molar refractivity (Wildman–Crippen MR) is 52.9 cm³/mol. The molecule has 0 saturated carbocycles. The Bertz CT molecular complexity index is 424. The Balaban J connectivity index is 2.53. The third kappa shape index (κ3) is 1.50. The van der Waals surface area contributed by atoms with Gasteiger partial charge in [0.25, 0.3) is 0 Å². The van der Waals surface area contributed by atoms with Crippen molar-refractivity contribution in [1.82, 2.24) is 14.9 Å². The summed E-state index contributed by atoms with van der Waals surface area (Å²) < 4.78 is 1.38.